The average Bonchev–Trinajstić information content (AvgIpc) is 2.21. The molecule has 0 aliphatic rings. The molecule has 0 atom stereocenters. The van der Waals surface area contributed by atoms with Crippen LogP contribution in [0.25, 0.3) is 0 Å². The van der Waals surface area contributed by atoms with Crippen molar-refractivity contribution in [3.8, 4) is 0 Å². The summed E-state index contributed by atoms with van der Waals surface area (Å²) in [5, 5.41) is -3.56. The average molecular weight is 247 g/mol. The Labute approximate surface area is 96.5 Å². The number of benzene rings is 1. The SMILES string of the molecule is Cc1ccccc1SC(F)(F)/C(F)=C/CN. The van der Waals surface area contributed by atoms with E-state index in [-0.39, 0.29) is 18.3 Å². The summed E-state index contributed by atoms with van der Waals surface area (Å²) >= 11 is 0.188. The standard InChI is InChI=1S/C11H12F3NS/c1-8-4-2-3-5-9(8)16-11(13,14)10(12)6-7-15/h2-6H,7,15H2,1H3/b10-6-. The van der Waals surface area contributed by atoms with E-state index in [1.54, 1.807) is 25.1 Å². The Hall–Kier alpha value is -0.940. The quantitative estimate of drug-likeness (QED) is 0.824. The molecule has 0 saturated carbocycles. The number of thioether (sulfide) groups is 1. The zero-order chi connectivity index (χ0) is 12.2. The lowest BCUT2D eigenvalue weighted by molar-refractivity contribution is 0.118. The van der Waals surface area contributed by atoms with Crippen LogP contribution >= 0.6 is 11.8 Å². The molecular weight excluding hydrogens is 235 g/mol. The Morgan fingerprint density at radius 1 is 1.44 bits per heavy atom. The van der Waals surface area contributed by atoms with Crippen LogP contribution < -0.4 is 5.73 Å². The van der Waals surface area contributed by atoms with Gasteiger partial charge in [-0.15, -0.1) is 0 Å². The minimum absolute atomic E-state index is 0.188. The molecule has 88 valence electrons. The zero-order valence-electron chi connectivity index (χ0n) is 8.71. The molecule has 0 heterocycles. The summed E-state index contributed by atoms with van der Waals surface area (Å²) < 4.78 is 39.7. The van der Waals surface area contributed by atoms with E-state index in [4.69, 9.17) is 5.73 Å². The van der Waals surface area contributed by atoms with E-state index in [0.717, 1.165) is 0 Å². The number of hydrogen-bond donors (Lipinski definition) is 1. The van der Waals surface area contributed by atoms with Gasteiger partial charge in [0.05, 0.1) is 0 Å². The van der Waals surface area contributed by atoms with Gasteiger partial charge < -0.3 is 5.73 Å². The van der Waals surface area contributed by atoms with Gasteiger partial charge in [0, 0.05) is 11.4 Å². The number of halogens is 3. The Morgan fingerprint density at radius 2 is 2.06 bits per heavy atom. The highest BCUT2D eigenvalue weighted by Gasteiger charge is 2.36. The maximum Gasteiger partial charge on any atom is 0.348 e. The molecule has 0 unspecified atom stereocenters. The molecule has 2 N–H and O–H groups in total. The van der Waals surface area contributed by atoms with Crippen molar-refractivity contribution in [3.63, 3.8) is 0 Å². The highest BCUT2D eigenvalue weighted by Crippen LogP contribution is 2.42. The van der Waals surface area contributed by atoms with Crippen molar-refractivity contribution in [2.45, 2.75) is 17.1 Å². The molecule has 0 aromatic heterocycles. The van der Waals surface area contributed by atoms with Crippen LogP contribution in [0, 0.1) is 6.92 Å². The van der Waals surface area contributed by atoms with Gasteiger partial charge >= 0.3 is 5.25 Å². The molecule has 0 saturated heterocycles. The molecule has 0 bridgehead atoms. The molecule has 1 rings (SSSR count). The number of hydrogen-bond acceptors (Lipinski definition) is 2. The van der Waals surface area contributed by atoms with Gasteiger partial charge in [0.2, 0.25) is 0 Å². The van der Waals surface area contributed by atoms with Crippen LogP contribution in [0.3, 0.4) is 0 Å². The lowest BCUT2D eigenvalue weighted by Crippen LogP contribution is -2.13. The van der Waals surface area contributed by atoms with Gasteiger partial charge in [-0.2, -0.15) is 8.78 Å². The van der Waals surface area contributed by atoms with Gasteiger partial charge in [-0.05, 0) is 36.4 Å². The van der Waals surface area contributed by atoms with E-state index in [9.17, 15) is 13.2 Å². The van der Waals surface area contributed by atoms with Crippen molar-refractivity contribution < 1.29 is 13.2 Å². The van der Waals surface area contributed by atoms with E-state index in [1.807, 2.05) is 0 Å². The summed E-state index contributed by atoms with van der Waals surface area (Å²) in [4.78, 5) is 0.355. The second kappa shape index (κ2) is 5.41. The highest BCUT2D eigenvalue weighted by atomic mass is 32.2. The number of alkyl halides is 2. The highest BCUT2D eigenvalue weighted by molar-refractivity contribution is 8.00. The molecule has 0 amide bonds. The van der Waals surface area contributed by atoms with Crippen molar-refractivity contribution >= 4 is 11.8 Å². The summed E-state index contributed by atoms with van der Waals surface area (Å²) in [5.74, 6) is -1.50. The summed E-state index contributed by atoms with van der Waals surface area (Å²) in [5.41, 5.74) is 5.68. The maximum atomic E-state index is 13.3. The smallest absolute Gasteiger partial charge is 0.327 e. The molecule has 0 spiro atoms. The van der Waals surface area contributed by atoms with Crippen LogP contribution in [0.2, 0.25) is 0 Å². The molecule has 1 aromatic rings. The first-order chi connectivity index (χ1) is 7.47. The Bertz CT molecular complexity index is 391. The molecule has 1 nitrogen and oxygen atoms in total. The number of aryl methyl sites for hydroxylation is 1. The summed E-state index contributed by atoms with van der Waals surface area (Å²) in [6.07, 6.45) is 0.686. The molecule has 5 heteroatoms. The van der Waals surface area contributed by atoms with E-state index in [1.165, 1.54) is 6.07 Å². The van der Waals surface area contributed by atoms with Crippen LogP contribution in [0.4, 0.5) is 13.2 Å². The normalized spacial score (nSPS) is 12.9. The minimum Gasteiger partial charge on any atom is -0.327 e. The summed E-state index contributed by atoms with van der Waals surface area (Å²) in [6, 6.07) is 6.60. The van der Waals surface area contributed by atoms with Gasteiger partial charge in [0.25, 0.3) is 0 Å². The molecule has 0 aliphatic heterocycles. The van der Waals surface area contributed by atoms with Crippen molar-refractivity contribution in [1.82, 2.24) is 0 Å². The third-order valence-corrected chi connectivity index (χ3v) is 3.04. The van der Waals surface area contributed by atoms with Gasteiger partial charge in [-0.1, -0.05) is 18.2 Å². The molecule has 0 radical (unpaired) electrons. The predicted molar refractivity (Wildman–Crippen MR) is 60.2 cm³/mol. The van der Waals surface area contributed by atoms with E-state index < -0.39 is 11.1 Å². The maximum absolute atomic E-state index is 13.3. The lowest BCUT2D eigenvalue weighted by Gasteiger charge is -2.14. The van der Waals surface area contributed by atoms with Crippen LogP contribution in [-0.4, -0.2) is 11.8 Å². The third-order valence-electron chi connectivity index (χ3n) is 1.91. The first-order valence-corrected chi connectivity index (χ1v) is 5.47. The fraction of sp³-hybridized carbons (Fsp3) is 0.273. The minimum atomic E-state index is -3.56. The van der Waals surface area contributed by atoms with E-state index >= 15 is 0 Å². The topological polar surface area (TPSA) is 26.0 Å². The van der Waals surface area contributed by atoms with Crippen molar-refractivity contribution in [2.24, 2.45) is 5.73 Å². The Morgan fingerprint density at radius 3 is 2.62 bits per heavy atom. The lowest BCUT2D eigenvalue weighted by atomic mass is 10.2. The number of rotatable bonds is 4. The monoisotopic (exact) mass is 247 g/mol. The molecule has 0 aliphatic carbocycles. The second-order valence-electron chi connectivity index (χ2n) is 3.17. The number of nitrogens with two attached hydrogens (primary N) is 1. The molecule has 1 aromatic carbocycles. The third kappa shape index (κ3) is 3.28. The van der Waals surface area contributed by atoms with Crippen LogP contribution in [-0.2, 0) is 0 Å². The van der Waals surface area contributed by atoms with Gasteiger partial charge in [-0.3, -0.25) is 0 Å². The fourth-order valence-electron chi connectivity index (χ4n) is 1.08. The van der Waals surface area contributed by atoms with Crippen LogP contribution in [0.1, 0.15) is 5.56 Å². The zero-order valence-corrected chi connectivity index (χ0v) is 9.53. The van der Waals surface area contributed by atoms with Crippen LogP contribution in [0.15, 0.2) is 41.1 Å². The first-order valence-electron chi connectivity index (χ1n) is 4.66. The molecule has 0 fully saturated rings. The van der Waals surface area contributed by atoms with E-state index in [0.29, 0.717) is 16.5 Å². The fourth-order valence-corrected chi connectivity index (χ4v) is 1.91. The van der Waals surface area contributed by atoms with Gasteiger partial charge in [-0.25, -0.2) is 4.39 Å². The molecule has 16 heavy (non-hydrogen) atoms. The molecular formula is C11H12F3NS. The van der Waals surface area contributed by atoms with Crippen molar-refractivity contribution in [2.75, 3.05) is 6.54 Å². The van der Waals surface area contributed by atoms with Gasteiger partial charge in [0.15, 0.2) is 5.83 Å². The summed E-state index contributed by atoms with van der Waals surface area (Å²) in [7, 11) is 0. The Balaban J connectivity index is 2.88. The second-order valence-corrected chi connectivity index (χ2v) is 4.33. The Kier molecular flexibility index (Phi) is 4.44. The van der Waals surface area contributed by atoms with E-state index in [2.05, 4.69) is 0 Å². The largest absolute Gasteiger partial charge is 0.348 e. The van der Waals surface area contributed by atoms with Crippen molar-refractivity contribution in [3.05, 3.63) is 41.7 Å². The first kappa shape index (κ1) is 13.1. The van der Waals surface area contributed by atoms with Crippen LogP contribution in [0.5, 0.6) is 0 Å². The van der Waals surface area contributed by atoms with Gasteiger partial charge in [0.1, 0.15) is 0 Å². The van der Waals surface area contributed by atoms with Crippen molar-refractivity contribution in [1.29, 1.82) is 0 Å². The predicted octanol–water partition coefficient (Wildman–Crippen LogP) is 3.49. The summed E-state index contributed by atoms with van der Waals surface area (Å²) in [6.45, 7) is 1.46.